The van der Waals surface area contributed by atoms with Gasteiger partial charge in [-0.1, -0.05) is 6.08 Å². The predicted octanol–water partition coefficient (Wildman–Crippen LogP) is 1.14. The second-order valence-electron chi connectivity index (χ2n) is 2.10. The quantitative estimate of drug-likeness (QED) is 0.349. The molecule has 0 saturated heterocycles. The SMILES string of the molecule is C/C=C(\C)C(=O)OCCOC. The van der Waals surface area contributed by atoms with Crippen LogP contribution in [0.3, 0.4) is 0 Å². The van der Waals surface area contributed by atoms with Gasteiger partial charge in [-0.15, -0.1) is 0 Å². The van der Waals surface area contributed by atoms with Crippen LogP contribution in [-0.2, 0) is 14.3 Å². The van der Waals surface area contributed by atoms with Gasteiger partial charge >= 0.3 is 5.97 Å². The lowest BCUT2D eigenvalue weighted by Gasteiger charge is -2.02. The molecule has 0 aromatic rings. The minimum absolute atomic E-state index is 0.274. The van der Waals surface area contributed by atoms with Crippen molar-refractivity contribution in [2.75, 3.05) is 20.3 Å². The lowest BCUT2D eigenvalue weighted by molar-refractivity contribution is -0.140. The zero-order chi connectivity index (χ0) is 8.69. The molecule has 0 aromatic heterocycles. The molecule has 3 heteroatoms. The van der Waals surface area contributed by atoms with Crippen LogP contribution in [0.15, 0.2) is 11.6 Å². The molecule has 0 bridgehead atoms. The molecule has 0 rings (SSSR count). The van der Waals surface area contributed by atoms with Crippen molar-refractivity contribution in [1.82, 2.24) is 0 Å². The Bertz CT molecular complexity index is 149. The van der Waals surface area contributed by atoms with E-state index in [0.717, 1.165) is 0 Å². The Morgan fingerprint density at radius 1 is 1.45 bits per heavy atom. The van der Waals surface area contributed by atoms with E-state index < -0.39 is 0 Å². The lowest BCUT2D eigenvalue weighted by Crippen LogP contribution is -2.10. The van der Waals surface area contributed by atoms with Crippen molar-refractivity contribution in [2.45, 2.75) is 13.8 Å². The highest BCUT2D eigenvalue weighted by atomic mass is 16.6. The third-order valence-corrected chi connectivity index (χ3v) is 1.28. The first-order chi connectivity index (χ1) is 5.22. The van der Waals surface area contributed by atoms with Gasteiger partial charge in [-0.05, 0) is 13.8 Å². The monoisotopic (exact) mass is 158 g/mol. The molecule has 0 radical (unpaired) electrons. The number of carbonyl (C=O) groups excluding carboxylic acids is 1. The van der Waals surface area contributed by atoms with Gasteiger partial charge in [0.25, 0.3) is 0 Å². The molecule has 0 fully saturated rings. The number of ether oxygens (including phenoxy) is 2. The number of allylic oxidation sites excluding steroid dienone is 1. The normalized spacial score (nSPS) is 11.4. The number of esters is 1. The maximum atomic E-state index is 10.9. The number of hydrogen-bond acceptors (Lipinski definition) is 3. The van der Waals surface area contributed by atoms with Crippen LogP contribution in [0.4, 0.5) is 0 Å². The second kappa shape index (κ2) is 5.92. The van der Waals surface area contributed by atoms with Crippen molar-refractivity contribution in [3.63, 3.8) is 0 Å². The third-order valence-electron chi connectivity index (χ3n) is 1.28. The number of rotatable bonds is 4. The van der Waals surface area contributed by atoms with Gasteiger partial charge in [0.15, 0.2) is 0 Å². The average molecular weight is 158 g/mol. The minimum atomic E-state index is -0.274. The standard InChI is InChI=1S/C8H14O3/c1-4-7(2)8(9)11-6-5-10-3/h4H,5-6H2,1-3H3/b7-4+. The zero-order valence-corrected chi connectivity index (χ0v) is 7.22. The molecule has 0 aliphatic heterocycles. The summed E-state index contributed by atoms with van der Waals surface area (Å²) in [6.45, 7) is 4.28. The van der Waals surface area contributed by atoms with Crippen LogP contribution >= 0.6 is 0 Å². The smallest absolute Gasteiger partial charge is 0.333 e. The fourth-order valence-corrected chi connectivity index (χ4v) is 0.449. The van der Waals surface area contributed by atoms with E-state index in [9.17, 15) is 4.79 Å². The molecular weight excluding hydrogens is 144 g/mol. The molecule has 0 aliphatic carbocycles. The van der Waals surface area contributed by atoms with Gasteiger partial charge in [0.05, 0.1) is 6.61 Å². The van der Waals surface area contributed by atoms with Crippen LogP contribution in [0, 0.1) is 0 Å². The summed E-state index contributed by atoms with van der Waals surface area (Å²) in [4.78, 5) is 10.9. The Morgan fingerprint density at radius 2 is 2.09 bits per heavy atom. The first kappa shape index (κ1) is 10.2. The van der Waals surface area contributed by atoms with Crippen molar-refractivity contribution in [3.05, 3.63) is 11.6 Å². The molecule has 0 amide bonds. The Labute approximate surface area is 67.0 Å². The van der Waals surface area contributed by atoms with Gasteiger partial charge < -0.3 is 9.47 Å². The molecule has 0 saturated carbocycles. The molecule has 0 unspecified atom stereocenters. The highest BCUT2D eigenvalue weighted by Gasteiger charge is 2.02. The largest absolute Gasteiger partial charge is 0.460 e. The Hall–Kier alpha value is -0.830. The summed E-state index contributed by atoms with van der Waals surface area (Å²) in [5, 5.41) is 0. The molecule has 3 nitrogen and oxygen atoms in total. The van der Waals surface area contributed by atoms with Gasteiger partial charge in [-0.25, -0.2) is 4.79 Å². The van der Waals surface area contributed by atoms with Crippen LogP contribution in [0.2, 0.25) is 0 Å². The molecular formula is C8H14O3. The summed E-state index contributed by atoms with van der Waals surface area (Å²) in [5.41, 5.74) is 0.626. The fourth-order valence-electron chi connectivity index (χ4n) is 0.449. The summed E-state index contributed by atoms with van der Waals surface area (Å²) in [5.74, 6) is -0.274. The summed E-state index contributed by atoms with van der Waals surface area (Å²) in [6.07, 6.45) is 1.72. The maximum Gasteiger partial charge on any atom is 0.333 e. The summed E-state index contributed by atoms with van der Waals surface area (Å²) < 4.78 is 9.51. The average Bonchev–Trinajstić information content (AvgIpc) is 2.03. The highest BCUT2D eigenvalue weighted by Crippen LogP contribution is 1.94. The van der Waals surface area contributed by atoms with Crippen LogP contribution in [0.25, 0.3) is 0 Å². The van der Waals surface area contributed by atoms with Gasteiger partial charge in [0.2, 0.25) is 0 Å². The first-order valence-corrected chi connectivity index (χ1v) is 3.51. The summed E-state index contributed by atoms with van der Waals surface area (Å²) in [6, 6.07) is 0. The van der Waals surface area contributed by atoms with E-state index >= 15 is 0 Å². The second-order valence-corrected chi connectivity index (χ2v) is 2.10. The van der Waals surface area contributed by atoms with E-state index in [1.807, 2.05) is 0 Å². The molecule has 0 N–H and O–H groups in total. The molecule has 0 spiro atoms. The molecule has 11 heavy (non-hydrogen) atoms. The highest BCUT2D eigenvalue weighted by molar-refractivity contribution is 5.87. The van der Waals surface area contributed by atoms with Crippen molar-refractivity contribution in [3.8, 4) is 0 Å². The number of hydrogen-bond donors (Lipinski definition) is 0. The first-order valence-electron chi connectivity index (χ1n) is 3.51. The summed E-state index contributed by atoms with van der Waals surface area (Å²) >= 11 is 0. The summed E-state index contributed by atoms with van der Waals surface area (Å²) in [7, 11) is 1.57. The van der Waals surface area contributed by atoms with Crippen molar-refractivity contribution in [1.29, 1.82) is 0 Å². The Morgan fingerprint density at radius 3 is 2.55 bits per heavy atom. The van der Waals surface area contributed by atoms with Crippen LogP contribution in [0.5, 0.6) is 0 Å². The van der Waals surface area contributed by atoms with Crippen molar-refractivity contribution < 1.29 is 14.3 Å². The van der Waals surface area contributed by atoms with Gasteiger partial charge in [-0.2, -0.15) is 0 Å². The van der Waals surface area contributed by atoms with E-state index in [2.05, 4.69) is 0 Å². The molecule has 0 aromatic carbocycles. The third kappa shape index (κ3) is 4.56. The molecule has 0 heterocycles. The minimum Gasteiger partial charge on any atom is -0.460 e. The lowest BCUT2D eigenvalue weighted by atomic mass is 10.3. The predicted molar refractivity (Wildman–Crippen MR) is 42.3 cm³/mol. The van der Waals surface area contributed by atoms with Crippen LogP contribution in [0.1, 0.15) is 13.8 Å². The van der Waals surface area contributed by atoms with Gasteiger partial charge in [0.1, 0.15) is 6.61 Å². The van der Waals surface area contributed by atoms with E-state index in [-0.39, 0.29) is 5.97 Å². The molecule has 64 valence electrons. The number of carbonyl (C=O) groups is 1. The fraction of sp³-hybridized carbons (Fsp3) is 0.625. The maximum absolute atomic E-state index is 10.9. The number of methoxy groups -OCH3 is 1. The zero-order valence-electron chi connectivity index (χ0n) is 7.22. The van der Waals surface area contributed by atoms with E-state index in [1.165, 1.54) is 0 Å². The molecule has 0 atom stereocenters. The molecule has 0 aliphatic rings. The van der Waals surface area contributed by atoms with Crippen molar-refractivity contribution in [2.24, 2.45) is 0 Å². The van der Waals surface area contributed by atoms with Crippen LogP contribution < -0.4 is 0 Å². The topological polar surface area (TPSA) is 35.5 Å². The van der Waals surface area contributed by atoms with Crippen LogP contribution in [-0.4, -0.2) is 26.3 Å². The van der Waals surface area contributed by atoms with Gasteiger partial charge in [0, 0.05) is 12.7 Å². The van der Waals surface area contributed by atoms with Crippen molar-refractivity contribution >= 4 is 5.97 Å². The van der Waals surface area contributed by atoms with E-state index in [4.69, 9.17) is 9.47 Å². The van der Waals surface area contributed by atoms with E-state index in [1.54, 1.807) is 27.0 Å². The Balaban J connectivity index is 3.53. The van der Waals surface area contributed by atoms with E-state index in [0.29, 0.717) is 18.8 Å². The van der Waals surface area contributed by atoms with Gasteiger partial charge in [-0.3, -0.25) is 0 Å². The Kier molecular flexibility index (Phi) is 5.47.